The molecule has 2 aromatic carbocycles. The first-order valence-corrected chi connectivity index (χ1v) is 11.1. The molecule has 0 fully saturated rings. The van der Waals surface area contributed by atoms with Crippen molar-refractivity contribution in [2.24, 2.45) is 0 Å². The van der Waals surface area contributed by atoms with Crippen LogP contribution in [-0.2, 0) is 15.4 Å². The molecule has 0 aliphatic heterocycles. The molecule has 0 saturated carbocycles. The molecule has 2 aromatic rings. The minimum absolute atomic E-state index is 0.166. The Labute approximate surface area is 171 Å². The smallest absolute Gasteiger partial charge is 0.352 e. The fourth-order valence-corrected chi connectivity index (χ4v) is 4.00. The predicted molar refractivity (Wildman–Crippen MR) is 115 cm³/mol. The quantitative estimate of drug-likeness (QED) is 0.456. The molecule has 7 heteroatoms. The van der Waals surface area contributed by atoms with Crippen LogP contribution in [0.5, 0.6) is 5.75 Å². The normalized spacial score (nSPS) is 14.0. The van der Waals surface area contributed by atoms with Crippen molar-refractivity contribution in [2.75, 3.05) is 5.32 Å². The Balaban J connectivity index is 2.68. The Hall–Kier alpha value is -1.52. The second kappa shape index (κ2) is 7.72. The second-order valence-corrected chi connectivity index (χ2v) is 11.2. The van der Waals surface area contributed by atoms with Gasteiger partial charge in [-0.05, 0) is 63.9 Å². The first-order chi connectivity index (χ1) is 12.6. The largest absolute Gasteiger partial charge is 0.507 e. The molecule has 1 unspecified atom stereocenters. The van der Waals surface area contributed by atoms with E-state index in [1.54, 1.807) is 36.4 Å². The molecule has 0 saturated heterocycles. The number of benzene rings is 2. The number of nitrogens with one attached hydrogen (secondary N) is 1. The standard InChI is InChI=1S/C21H29ClNO4P/c1-20(2,3)16-11-13(12-17(18(16)24)21(4,5)6)19(28(25,26)27)23-15-9-7-14(22)8-10-15/h7-12,19,23-24H,1-6H3,(H2,25,26,27). The van der Waals surface area contributed by atoms with Crippen LogP contribution in [0, 0.1) is 0 Å². The van der Waals surface area contributed by atoms with Gasteiger partial charge in [0.2, 0.25) is 0 Å². The van der Waals surface area contributed by atoms with Gasteiger partial charge in [0.25, 0.3) is 0 Å². The lowest BCUT2D eigenvalue weighted by molar-refractivity contribution is 0.362. The van der Waals surface area contributed by atoms with E-state index in [1.807, 2.05) is 41.5 Å². The molecule has 5 nitrogen and oxygen atoms in total. The van der Waals surface area contributed by atoms with Gasteiger partial charge >= 0.3 is 7.60 Å². The monoisotopic (exact) mass is 425 g/mol. The second-order valence-electron chi connectivity index (χ2n) is 9.11. The number of aromatic hydroxyl groups is 1. The zero-order chi connectivity index (χ0) is 21.5. The van der Waals surface area contributed by atoms with Crippen LogP contribution in [0.3, 0.4) is 0 Å². The molecule has 1 atom stereocenters. The van der Waals surface area contributed by atoms with Gasteiger partial charge < -0.3 is 20.2 Å². The maximum Gasteiger partial charge on any atom is 0.352 e. The molecular weight excluding hydrogens is 397 g/mol. The van der Waals surface area contributed by atoms with Crippen LogP contribution in [0.25, 0.3) is 0 Å². The summed E-state index contributed by atoms with van der Waals surface area (Å²) in [5.41, 5.74) is 1.45. The molecule has 28 heavy (non-hydrogen) atoms. The number of halogens is 1. The van der Waals surface area contributed by atoms with Crippen LogP contribution < -0.4 is 5.32 Å². The zero-order valence-corrected chi connectivity index (χ0v) is 18.8. The van der Waals surface area contributed by atoms with Crippen molar-refractivity contribution in [1.29, 1.82) is 0 Å². The van der Waals surface area contributed by atoms with E-state index in [9.17, 15) is 19.5 Å². The van der Waals surface area contributed by atoms with E-state index in [1.165, 1.54) is 0 Å². The van der Waals surface area contributed by atoms with Gasteiger partial charge in [0.15, 0.2) is 5.78 Å². The van der Waals surface area contributed by atoms with Gasteiger partial charge in [0.05, 0.1) is 0 Å². The van der Waals surface area contributed by atoms with Gasteiger partial charge in [0.1, 0.15) is 5.75 Å². The molecule has 0 bridgehead atoms. The summed E-state index contributed by atoms with van der Waals surface area (Å²) in [4.78, 5) is 20.1. The average Bonchev–Trinajstić information content (AvgIpc) is 2.51. The molecule has 2 rings (SSSR count). The third kappa shape index (κ3) is 5.30. The number of hydrogen-bond donors (Lipinski definition) is 4. The Kier molecular flexibility index (Phi) is 6.28. The van der Waals surface area contributed by atoms with Gasteiger partial charge in [-0.2, -0.15) is 0 Å². The van der Waals surface area contributed by atoms with Crippen molar-refractivity contribution in [2.45, 2.75) is 58.2 Å². The van der Waals surface area contributed by atoms with Crippen LogP contribution in [0.2, 0.25) is 5.02 Å². The summed E-state index contributed by atoms with van der Waals surface area (Å²) in [6, 6.07) is 9.99. The van der Waals surface area contributed by atoms with Crippen LogP contribution in [0.1, 0.15) is 64.0 Å². The third-order valence-electron chi connectivity index (χ3n) is 4.55. The lowest BCUT2D eigenvalue weighted by Gasteiger charge is -2.30. The molecule has 0 aromatic heterocycles. The number of hydrogen-bond acceptors (Lipinski definition) is 3. The molecule has 4 N–H and O–H groups in total. The van der Waals surface area contributed by atoms with E-state index < -0.39 is 24.2 Å². The Morgan fingerprint density at radius 1 is 0.929 bits per heavy atom. The number of phenols is 1. The lowest BCUT2D eigenvalue weighted by atomic mass is 9.78. The van der Waals surface area contributed by atoms with E-state index in [-0.39, 0.29) is 5.75 Å². The van der Waals surface area contributed by atoms with Gasteiger partial charge in [-0.3, -0.25) is 4.57 Å². The van der Waals surface area contributed by atoms with Gasteiger partial charge in [-0.25, -0.2) is 0 Å². The minimum atomic E-state index is -4.56. The Morgan fingerprint density at radius 2 is 1.36 bits per heavy atom. The molecule has 0 radical (unpaired) electrons. The van der Waals surface area contributed by atoms with Crippen molar-refractivity contribution in [3.63, 3.8) is 0 Å². The van der Waals surface area contributed by atoms with Crippen LogP contribution >= 0.6 is 19.2 Å². The highest BCUT2D eigenvalue weighted by molar-refractivity contribution is 7.52. The lowest BCUT2D eigenvalue weighted by Crippen LogP contribution is -2.20. The summed E-state index contributed by atoms with van der Waals surface area (Å²) in [6.45, 7) is 11.7. The Morgan fingerprint density at radius 3 is 1.71 bits per heavy atom. The number of anilines is 1. The van der Waals surface area contributed by atoms with Crippen molar-refractivity contribution in [3.05, 3.63) is 58.1 Å². The number of rotatable bonds is 4. The van der Waals surface area contributed by atoms with Crippen molar-refractivity contribution < 1.29 is 19.5 Å². The maximum absolute atomic E-state index is 12.4. The van der Waals surface area contributed by atoms with Gasteiger partial charge in [-0.1, -0.05) is 53.1 Å². The van der Waals surface area contributed by atoms with Gasteiger partial charge in [-0.15, -0.1) is 0 Å². The highest BCUT2D eigenvalue weighted by Crippen LogP contribution is 2.53. The molecule has 154 valence electrons. The van der Waals surface area contributed by atoms with E-state index in [4.69, 9.17) is 11.6 Å². The maximum atomic E-state index is 12.4. The predicted octanol–water partition coefficient (Wildman–Crippen LogP) is 5.93. The highest BCUT2D eigenvalue weighted by atomic mass is 35.5. The first-order valence-electron chi connectivity index (χ1n) is 9.06. The summed E-state index contributed by atoms with van der Waals surface area (Å²) in [5, 5.41) is 14.3. The van der Waals surface area contributed by atoms with Crippen molar-refractivity contribution in [1.82, 2.24) is 0 Å². The topological polar surface area (TPSA) is 89.8 Å². The molecule has 0 amide bonds. The summed E-state index contributed by atoms with van der Waals surface area (Å²) in [7, 11) is -4.56. The van der Waals surface area contributed by atoms with Crippen molar-refractivity contribution >= 4 is 24.9 Å². The fourth-order valence-electron chi connectivity index (χ4n) is 3.02. The fraction of sp³-hybridized carbons (Fsp3) is 0.429. The molecular formula is C21H29ClNO4P. The molecule has 0 aliphatic rings. The van der Waals surface area contributed by atoms with Crippen LogP contribution in [0.15, 0.2) is 36.4 Å². The molecule has 0 spiro atoms. The van der Waals surface area contributed by atoms with E-state index in [0.717, 1.165) is 0 Å². The zero-order valence-electron chi connectivity index (χ0n) is 17.1. The highest BCUT2D eigenvalue weighted by Gasteiger charge is 2.34. The summed E-state index contributed by atoms with van der Waals surface area (Å²) in [6.07, 6.45) is 0. The summed E-state index contributed by atoms with van der Waals surface area (Å²) >= 11 is 5.91. The Bertz CT molecular complexity index is 857. The number of phenolic OH excluding ortho intramolecular Hbond substituents is 1. The summed E-state index contributed by atoms with van der Waals surface area (Å²) < 4.78 is 12.4. The minimum Gasteiger partial charge on any atom is -0.507 e. The van der Waals surface area contributed by atoms with Crippen molar-refractivity contribution in [3.8, 4) is 5.75 Å². The van der Waals surface area contributed by atoms with Gasteiger partial charge in [0, 0.05) is 10.7 Å². The first kappa shape index (κ1) is 22.8. The van der Waals surface area contributed by atoms with E-state index in [2.05, 4.69) is 5.32 Å². The van der Waals surface area contributed by atoms with E-state index in [0.29, 0.717) is 27.4 Å². The average molecular weight is 426 g/mol. The van der Waals surface area contributed by atoms with Crippen LogP contribution in [0.4, 0.5) is 5.69 Å². The third-order valence-corrected chi connectivity index (χ3v) is 5.90. The molecule has 0 aliphatic carbocycles. The molecule has 0 heterocycles. The SMILES string of the molecule is CC(C)(C)c1cc(C(Nc2ccc(Cl)cc2)P(=O)(O)O)cc(C(C)(C)C)c1O. The van der Waals surface area contributed by atoms with E-state index >= 15 is 0 Å². The summed E-state index contributed by atoms with van der Waals surface area (Å²) in [5.74, 6) is -1.09. The van der Waals surface area contributed by atoms with Crippen LogP contribution in [-0.4, -0.2) is 14.9 Å².